The maximum atomic E-state index is 13.3. The van der Waals surface area contributed by atoms with Crippen molar-refractivity contribution in [1.29, 1.82) is 5.26 Å². The summed E-state index contributed by atoms with van der Waals surface area (Å²) in [5, 5.41) is 15.5. The second-order valence-corrected chi connectivity index (χ2v) is 7.97. The summed E-state index contributed by atoms with van der Waals surface area (Å²) < 4.78 is 4.73. The van der Waals surface area contributed by atoms with Crippen LogP contribution in [0.25, 0.3) is 0 Å². The van der Waals surface area contributed by atoms with Gasteiger partial charge in [0.25, 0.3) is 0 Å². The number of methoxy groups -OCH3 is 1. The number of likely N-dealkylation sites (tertiary alicyclic amines) is 2. The number of nitriles is 1. The minimum atomic E-state index is -0.862. The molecule has 3 rings (SSSR count). The molecule has 1 aromatic rings. The Morgan fingerprint density at radius 3 is 2.64 bits per heavy atom. The molecule has 176 valence electrons. The van der Waals surface area contributed by atoms with Crippen molar-refractivity contribution in [2.75, 3.05) is 44.3 Å². The second-order valence-electron chi connectivity index (χ2n) is 7.97. The van der Waals surface area contributed by atoms with Gasteiger partial charge in [-0.05, 0) is 44.2 Å². The van der Waals surface area contributed by atoms with Gasteiger partial charge in [-0.1, -0.05) is 6.07 Å². The Bertz CT molecular complexity index is 966. The van der Waals surface area contributed by atoms with Gasteiger partial charge >= 0.3 is 5.97 Å². The smallest absolute Gasteiger partial charge is 0.352 e. The molecule has 3 heterocycles. The summed E-state index contributed by atoms with van der Waals surface area (Å²) in [5.41, 5.74) is 5.40. The molecule has 1 atom stereocenters. The summed E-state index contributed by atoms with van der Waals surface area (Å²) in [6.07, 6.45) is 3.92. The lowest BCUT2D eigenvalue weighted by atomic mass is 10.1. The quantitative estimate of drug-likeness (QED) is 0.304. The molecule has 0 spiro atoms. The number of aromatic nitrogens is 1. The number of esters is 1. The van der Waals surface area contributed by atoms with Crippen molar-refractivity contribution < 1.29 is 19.1 Å². The van der Waals surface area contributed by atoms with E-state index < -0.39 is 12.0 Å². The predicted molar refractivity (Wildman–Crippen MR) is 120 cm³/mol. The van der Waals surface area contributed by atoms with E-state index in [9.17, 15) is 19.6 Å². The van der Waals surface area contributed by atoms with Crippen LogP contribution in [0.2, 0.25) is 0 Å². The van der Waals surface area contributed by atoms with Crippen molar-refractivity contribution in [3.05, 3.63) is 29.6 Å². The molecular formula is C22H29N7O4. The highest BCUT2D eigenvalue weighted by atomic mass is 16.5. The van der Waals surface area contributed by atoms with Crippen LogP contribution in [0, 0.1) is 11.3 Å². The summed E-state index contributed by atoms with van der Waals surface area (Å²) in [7, 11) is 1.17. The minimum absolute atomic E-state index is 0.00600. The molecule has 2 aliphatic heterocycles. The molecule has 0 unspecified atom stereocenters. The van der Waals surface area contributed by atoms with Crippen LogP contribution in [-0.4, -0.2) is 71.9 Å². The van der Waals surface area contributed by atoms with E-state index >= 15 is 0 Å². The number of hydrogen-bond donors (Lipinski definition) is 3. The number of nitrogens with one attached hydrogen (secondary N) is 2. The van der Waals surface area contributed by atoms with Crippen LogP contribution < -0.4 is 16.4 Å². The van der Waals surface area contributed by atoms with Gasteiger partial charge in [-0.15, -0.1) is 0 Å². The van der Waals surface area contributed by atoms with E-state index in [1.165, 1.54) is 7.11 Å². The Kier molecular flexibility index (Phi) is 8.07. The molecule has 33 heavy (non-hydrogen) atoms. The van der Waals surface area contributed by atoms with Gasteiger partial charge in [-0.2, -0.15) is 5.26 Å². The van der Waals surface area contributed by atoms with Crippen LogP contribution in [0.3, 0.4) is 0 Å². The summed E-state index contributed by atoms with van der Waals surface area (Å²) in [4.78, 5) is 45.6. The highest BCUT2D eigenvalue weighted by Crippen LogP contribution is 2.18. The lowest BCUT2D eigenvalue weighted by Crippen LogP contribution is -2.49. The van der Waals surface area contributed by atoms with Crippen LogP contribution >= 0.6 is 0 Å². The molecule has 0 radical (unpaired) electrons. The zero-order chi connectivity index (χ0) is 23.8. The van der Waals surface area contributed by atoms with Gasteiger partial charge in [0.15, 0.2) is 5.57 Å². The number of anilines is 2. The van der Waals surface area contributed by atoms with E-state index in [1.54, 1.807) is 28.0 Å². The highest BCUT2D eigenvalue weighted by Gasteiger charge is 2.31. The molecule has 0 bridgehead atoms. The number of hydrogen-bond acceptors (Lipinski definition) is 9. The van der Waals surface area contributed by atoms with Gasteiger partial charge in [-0.25, -0.2) is 9.78 Å². The van der Waals surface area contributed by atoms with Crippen LogP contribution in [0.1, 0.15) is 32.1 Å². The van der Waals surface area contributed by atoms with Crippen molar-refractivity contribution >= 4 is 29.4 Å². The maximum absolute atomic E-state index is 13.3. The molecule has 11 nitrogen and oxygen atoms in total. The lowest BCUT2D eigenvalue weighted by Gasteiger charge is -2.27. The number of carbonyl (C=O) groups is 3. The van der Waals surface area contributed by atoms with Gasteiger partial charge in [0.05, 0.1) is 13.7 Å². The topological polar surface area (TPSA) is 154 Å². The third-order valence-electron chi connectivity index (χ3n) is 5.66. The van der Waals surface area contributed by atoms with Gasteiger partial charge < -0.3 is 30.9 Å². The van der Waals surface area contributed by atoms with E-state index in [4.69, 9.17) is 10.5 Å². The van der Waals surface area contributed by atoms with E-state index in [0.29, 0.717) is 13.0 Å². The summed E-state index contributed by atoms with van der Waals surface area (Å²) in [6.45, 7) is 1.93. The lowest BCUT2D eigenvalue weighted by molar-refractivity contribution is -0.140. The van der Waals surface area contributed by atoms with Crippen LogP contribution in [0.15, 0.2) is 29.6 Å². The Morgan fingerprint density at radius 2 is 1.97 bits per heavy atom. The molecule has 0 aromatic carbocycles. The third-order valence-corrected chi connectivity index (χ3v) is 5.66. The van der Waals surface area contributed by atoms with Crippen LogP contribution in [0.5, 0.6) is 0 Å². The molecule has 4 N–H and O–H groups in total. The van der Waals surface area contributed by atoms with Crippen LogP contribution in [-0.2, 0) is 19.1 Å². The highest BCUT2D eigenvalue weighted by molar-refractivity contribution is 5.94. The minimum Gasteiger partial charge on any atom is -0.465 e. The first kappa shape index (κ1) is 23.8. The maximum Gasteiger partial charge on any atom is 0.352 e. The van der Waals surface area contributed by atoms with E-state index in [0.717, 1.165) is 38.8 Å². The van der Waals surface area contributed by atoms with Crippen molar-refractivity contribution in [2.45, 2.75) is 38.1 Å². The summed E-state index contributed by atoms with van der Waals surface area (Å²) in [6, 6.07) is 5.95. The van der Waals surface area contributed by atoms with Crippen LogP contribution in [0.4, 0.5) is 11.6 Å². The monoisotopic (exact) mass is 455 g/mol. The third kappa shape index (κ3) is 6.12. The first-order valence-electron chi connectivity index (χ1n) is 11.0. The first-order valence-corrected chi connectivity index (χ1v) is 11.0. The molecule has 2 aliphatic rings. The normalized spacial score (nSPS) is 19.3. The fourth-order valence-corrected chi connectivity index (χ4v) is 3.93. The average molecular weight is 456 g/mol. The molecule has 2 saturated heterocycles. The fourth-order valence-electron chi connectivity index (χ4n) is 3.93. The van der Waals surface area contributed by atoms with Gasteiger partial charge in [-0.3, -0.25) is 9.59 Å². The average Bonchev–Trinajstić information content (AvgIpc) is 3.29. The molecule has 1 aromatic heterocycles. The van der Waals surface area contributed by atoms with Gasteiger partial charge in [0.2, 0.25) is 11.8 Å². The number of nitrogens with zero attached hydrogens (tertiary/aromatic N) is 4. The number of ether oxygens (including phenoxy) is 1. The summed E-state index contributed by atoms with van der Waals surface area (Å²) >= 11 is 0. The van der Waals surface area contributed by atoms with E-state index in [2.05, 4.69) is 15.6 Å². The van der Waals surface area contributed by atoms with Gasteiger partial charge in [0.1, 0.15) is 29.6 Å². The molecular weight excluding hydrogens is 426 g/mol. The fraction of sp³-hybridized carbons (Fsp3) is 0.500. The van der Waals surface area contributed by atoms with Gasteiger partial charge in [0, 0.05) is 19.6 Å². The summed E-state index contributed by atoms with van der Waals surface area (Å²) in [5.74, 6) is -0.662. The molecule has 11 heteroatoms. The molecule has 2 fully saturated rings. The van der Waals surface area contributed by atoms with Crippen molar-refractivity contribution in [1.82, 2.24) is 20.1 Å². The van der Waals surface area contributed by atoms with E-state index in [-0.39, 0.29) is 41.4 Å². The largest absolute Gasteiger partial charge is 0.465 e. The Morgan fingerprint density at radius 1 is 1.24 bits per heavy atom. The van der Waals surface area contributed by atoms with Crippen molar-refractivity contribution in [2.24, 2.45) is 0 Å². The van der Waals surface area contributed by atoms with Crippen molar-refractivity contribution in [3.8, 4) is 6.07 Å². The number of amides is 2. The number of carbonyl (C=O) groups excluding carboxylic acids is 3. The zero-order valence-corrected chi connectivity index (χ0v) is 18.7. The SMILES string of the molecule is COC(=O)/C(C#N)=C(/Nc1cccc(N)n1)N[C@H]1CCCCN(CC(=O)N2CCCC2)C1=O. The Balaban J connectivity index is 1.82. The molecule has 0 aliphatic carbocycles. The van der Waals surface area contributed by atoms with Crippen molar-refractivity contribution in [3.63, 3.8) is 0 Å². The number of rotatable bonds is 7. The Hall–Kier alpha value is -3.81. The number of pyridine rings is 1. The zero-order valence-electron chi connectivity index (χ0n) is 18.7. The molecule has 2 amide bonds. The Labute approximate surface area is 192 Å². The molecule has 0 saturated carbocycles. The number of nitrogens with two attached hydrogens (primary N) is 1. The predicted octanol–water partition coefficient (Wildman–Crippen LogP) is 0.577. The van der Waals surface area contributed by atoms with E-state index in [1.807, 2.05) is 6.07 Å². The standard InChI is InChI=1S/C22H29N7O4/c1-33-22(32)15(13-23)20(27-18-9-6-8-17(24)26-18)25-16-7-2-3-12-29(21(16)31)14-19(30)28-10-4-5-11-28/h6,8-9,16,25H,2-5,7,10-12,14H2,1H3,(H3,24,26,27)/b20-15+/t16-/m0/s1. The second kappa shape index (κ2) is 11.2. The number of nitrogen functional groups attached to an aromatic ring is 1. The first-order chi connectivity index (χ1) is 15.9.